The molecule has 0 saturated carbocycles. The zero-order valence-electron chi connectivity index (χ0n) is 13.2. The van der Waals surface area contributed by atoms with Crippen LogP contribution in [0.25, 0.3) is 0 Å². The molecule has 0 bridgehead atoms. The maximum absolute atomic E-state index is 12.8. The zero-order valence-corrected chi connectivity index (χ0v) is 13.2. The van der Waals surface area contributed by atoms with Crippen molar-refractivity contribution in [2.45, 2.75) is 25.7 Å². The summed E-state index contributed by atoms with van der Waals surface area (Å²) < 4.78 is 0. The normalized spacial score (nSPS) is 15.6. The largest absolute Gasteiger partial charge is 0.478 e. The third-order valence-electron chi connectivity index (χ3n) is 4.46. The second-order valence-corrected chi connectivity index (χ2v) is 6.35. The van der Waals surface area contributed by atoms with E-state index in [1.807, 2.05) is 44.2 Å². The van der Waals surface area contributed by atoms with Gasteiger partial charge in [0.15, 0.2) is 0 Å². The molecule has 1 aliphatic heterocycles. The molecule has 118 valence electrons. The maximum Gasteiger partial charge on any atom is 0.335 e. The monoisotopic (exact) mass is 309 g/mol. The Morgan fingerprint density at radius 1 is 1.13 bits per heavy atom. The van der Waals surface area contributed by atoms with Crippen LogP contribution in [0.4, 0.5) is 5.69 Å². The molecule has 1 heterocycles. The fourth-order valence-corrected chi connectivity index (χ4v) is 3.09. The summed E-state index contributed by atoms with van der Waals surface area (Å²) in [7, 11) is 0. The van der Waals surface area contributed by atoms with Crippen LogP contribution < -0.4 is 4.90 Å². The molecule has 23 heavy (non-hydrogen) atoms. The van der Waals surface area contributed by atoms with E-state index in [1.54, 1.807) is 23.1 Å². The molecule has 4 heteroatoms. The molecule has 0 aliphatic carbocycles. The Morgan fingerprint density at radius 3 is 2.48 bits per heavy atom. The Kier molecular flexibility index (Phi) is 3.68. The maximum atomic E-state index is 12.8. The van der Waals surface area contributed by atoms with Crippen molar-refractivity contribution >= 4 is 17.6 Å². The molecule has 0 saturated heterocycles. The lowest BCUT2D eigenvalue weighted by molar-refractivity contribution is -0.122. The molecule has 0 spiro atoms. The van der Waals surface area contributed by atoms with Crippen LogP contribution >= 0.6 is 0 Å². The average Bonchev–Trinajstić information content (AvgIpc) is 2.73. The lowest BCUT2D eigenvalue weighted by Gasteiger charge is -2.20. The van der Waals surface area contributed by atoms with Gasteiger partial charge in [0.05, 0.1) is 11.0 Å². The van der Waals surface area contributed by atoms with E-state index in [0.717, 1.165) is 23.2 Å². The molecule has 3 rings (SSSR count). The molecule has 0 atom stereocenters. The zero-order chi connectivity index (χ0) is 16.6. The minimum Gasteiger partial charge on any atom is -0.478 e. The Balaban J connectivity index is 1.94. The molecule has 0 fully saturated rings. The van der Waals surface area contributed by atoms with E-state index in [9.17, 15) is 14.7 Å². The van der Waals surface area contributed by atoms with Crippen molar-refractivity contribution in [3.05, 3.63) is 65.2 Å². The number of hydrogen-bond acceptors (Lipinski definition) is 2. The average molecular weight is 309 g/mol. The number of hydrogen-bond donors (Lipinski definition) is 1. The molecule has 0 radical (unpaired) electrons. The minimum absolute atomic E-state index is 0.0194. The molecular formula is C19H19NO3. The van der Waals surface area contributed by atoms with E-state index >= 15 is 0 Å². The topological polar surface area (TPSA) is 57.6 Å². The molecule has 1 amide bonds. The van der Waals surface area contributed by atoms with Crippen molar-refractivity contribution in [3.63, 3.8) is 0 Å². The second-order valence-electron chi connectivity index (χ2n) is 6.35. The van der Waals surface area contributed by atoms with Gasteiger partial charge in [-0.1, -0.05) is 36.4 Å². The van der Waals surface area contributed by atoms with Crippen LogP contribution in [0.2, 0.25) is 0 Å². The summed E-state index contributed by atoms with van der Waals surface area (Å²) in [6.07, 6.45) is 0.736. The first-order chi connectivity index (χ1) is 10.9. The molecule has 0 aromatic heterocycles. The fraction of sp³-hybridized carbons (Fsp3) is 0.263. The first kappa shape index (κ1) is 15.3. The number of carboxylic acid groups (broad SMARTS) is 1. The van der Waals surface area contributed by atoms with Gasteiger partial charge in [-0.15, -0.1) is 0 Å². The third kappa shape index (κ3) is 2.61. The Bertz CT molecular complexity index is 765. The van der Waals surface area contributed by atoms with Crippen LogP contribution in [-0.4, -0.2) is 23.5 Å². The van der Waals surface area contributed by atoms with Crippen molar-refractivity contribution in [1.29, 1.82) is 0 Å². The standard InChI is InChI=1S/C19H19NO3/c1-19(2)15-9-8-14(17(21)22)12-16(15)20(18(19)23)11-10-13-6-4-3-5-7-13/h3-9,12H,10-11H2,1-2H3,(H,21,22). The Labute approximate surface area is 135 Å². The summed E-state index contributed by atoms with van der Waals surface area (Å²) in [5.74, 6) is -0.959. The number of fused-ring (bicyclic) bond motifs is 1. The quantitative estimate of drug-likeness (QED) is 0.943. The lowest BCUT2D eigenvalue weighted by atomic mass is 9.86. The van der Waals surface area contributed by atoms with Gasteiger partial charge in [-0.25, -0.2) is 4.79 Å². The Hall–Kier alpha value is -2.62. The first-order valence-electron chi connectivity index (χ1n) is 7.65. The summed E-state index contributed by atoms with van der Waals surface area (Å²) in [4.78, 5) is 25.7. The molecule has 1 N–H and O–H groups in total. The highest BCUT2D eigenvalue weighted by Crippen LogP contribution is 2.42. The van der Waals surface area contributed by atoms with Crippen LogP contribution in [0.5, 0.6) is 0 Å². The van der Waals surface area contributed by atoms with Crippen molar-refractivity contribution in [3.8, 4) is 0 Å². The number of rotatable bonds is 4. The molecule has 2 aromatic carbocycles. The van der Waals surface area contributed by atoms with Crippen LogP contribution in [0, 0.1) is 0 Å². The van der Waals surface area contributed by atoms with Crippen LogP contribution in [0.15, 0.2) is 48.5 Å². The molecule has 4 nitrogen and oxygen atoms in total. The van der Waals surface area contributed by atoms with Gasteiger partial charge in [0, 0.05) is 12.2 Å². The van der Waals surface area contributed by atoms with Crippen molar-refractivity contribution in [2.75, 3.05) is 11.4 Å². The van der Waals surface area contributed by atoms with Gasteiger partial charge >= 0.3 is 5.97 Å². The number of carbonyl (C=O) groups excluding carboxylic acids is 1. The second kappa shape index (κ2) is 5.54. The Morgan fingerprint density at radius 2 is 1.83 bits per heavy atom. The first-order valence-corrected chi connectivity index (χ1v) is 7.65. The van der Waals surface area contributed by atoms with Crippen molar-refractivity contribution in [1.82, 2.24) is 0 Å². The van der Waals surface area contributed by atoms with E-state index in [-0.39, 0.29) is 11.5 Å². The van der Waals surface area contributed by atoms with Gasteiger partial charge in [-0.05, 0) is 43.5 Å². The number of anilines is 1. The highest BCUT2D eigenvalue weighted by Gasteiger charge is 2.43. The van der Waals surface area contributed by atoms with Crippen molar-refractivity contribution < 1.29 is 14.7 Å². The lowest BCUT2D eigenvalue weighted by Crippen LogP contribution is -2.37. The van der Waals surface area contributed by atoms with Crippen LogP contribution in [-0.2, 0) is 16.6 Å². The third-order valence-corrected chi connectivity index (χ3v) is 4.46. The van der Waals surface area contributed by atoms with Gasteiger partial charge in [0.1, 0.15) is 0 Å². The number of aromatic carboxylic acids is 1. The number of carboxylic acids is 1. The van der Waals surface area contributed by atoms with Crippen molar-refractivity contribution in [2.24, 2.45) is 0 Å². The summed E-state index contributed by atoms with van der Waals surface area (Å²) >= 11 is 0. The summed E-state index contributed by atoms with van der Waals surface area (Å²) in [5.41, 5.74) is 2.35. The number of nitrogens with zero attached hydrogens (tertiary/aromatic N) is 1. The SMILES string of the molecule is CC1(C)C(=O)N(CCc2ccccc2)c2cc(C(=O)O)ccc21. The minimum atomic E-state index is -0.979. The van der Waals surface area contributed by atoms with Crippen LogP contribution in [0.3, 0.4) is 0 Å². The van der Waals surface area contributed by atoms with Gasteiger partial charge in [0.2, 0.25) is 5.91 Å². The highest BCUT2D eigenvalue weighted by molar-refractivity contribution is 6.08. The van der Waals surface area contributed by atoms with E-state index < -0.39 is 11.4 Å². The molecule has 2 aromatic rings. The predicted octanol–water partition coefficient (Wildman–Crippen LogP) is 3.25. The van der Waals surface area contributed by atoms with E-state index in [0.29, 0.717) is 6.54 Å². The number of amides is 1. The van der Waals surface area contributed by atoms with Gasteiger partial charge in [-0.2, -0.15) is 0 Å². The molecule has 0 unspecified atom stereocenters. The van der Waals surface area contributed by atoms with E-state index in [4.69, 9.17) is 0 Å². The van der Waals surface area contributed by atoms with Crippen LogP contribution in [0.1, 0.15) is 35.3 Å². The summed E-state index contributed by atoms with van der Waals surface area (Å²) in [6, 6.07) is 14.9. The molecular weight excluding hydrogens is 290 g/mol. The predicted molar refractivity (Wildman–Crippen MR) is 88.9 cm³/mol. The fourth-order valence-electron chi connectivity index (χ4n) is 3.09. The number of benzene rings is 2. The smallest absolute Gasteiger partial charge is 0.335 e. The summed E-state index contributed by atoms with van der Waals surface area (Å²) in [5, 5.41) is 9.20. The van der Waals surface area contributed by atoms with E-state index in [1.165, 1.54) is 0 Å². The molecule has 1 aliphatic rings. The van der Waals surface area contributed by atoms with Gasteiger partial charge in [-0.3, -0.25) is 4.79 Å². The van der Waals surface area contributed by atoms with Gasteiger partial charge < -0.3 is 10.0 Å². The van der Waals surface area contributed by atoms with E-state index in [2.05, 4.69) is 0 Å². The number of carbonyl (C=O) groups is 2. The highest BCUT2D eigenvalue weighted by atomic mass is 16.4. The summed E-state index contributed by atoms with van der Waals surface area (Å²) in [6.45, 7) is 4.32. The van der Waals surface area contributed by atoms with Gasteiger partial charge in [0.25, 0.3) is 0 Å².